The zero-order valence-electron chi connectivity index (χ0n) is 6.11. The lowest BCUT2D eigenvalue weighted by molar-refractivity contribution is -0.117. The van der Waals surface area contributed by atoms with Crippen molar-refractivity contribution in [3.63, 3.8) is 0 Å². The Hall–Kier alpha value is -1.63. The maximum atomic E-state index is 10.6. The molecule has 1 aromatic rings. The summed E-state index contributed by atoms with van der Waals surface area (Å²) >= 11 is 0. The van der Waals surface area contributed by atoms with E-state index in [1.165, 1.54) is 17.8 Å². The fraction of sp³-hybridized carbons (Fsp3) is 0.286. The number of Topliss-reactive ketones (excluding diaryl/α,β-unsaturated/α-hetero) is 1. The average molecular weight is 149 g/mol. The Balaban J connectivity index is 2.75. The molecule has 11 heavy (non-hydrogen) atoms. The highest BCUT2D eigenvalue weighted by Gasteiger charge is 1.98. The highest BCUT2D eigenvalue weighted by atomic mass is 16.1. The number of carbonyl (C=O) groups is 1. The van der Waals surface area contributed by atoms with Gasteiger partial charge in [0.2, 0.25) is 0 Å². The monoisotopic (exact) mass is 149 g/mol. The van der Waals surface area contributed by atoms with Crippen LogP contribution in [-0.4, -0.2) is 15.6 Å². The van der Waals surface area contributed by atoms with Gasteiger partial charge in [0.25, 0.3) is 0 Å². The fourth-order valence-corrected chi connectivity index (χ4v) is 0.736. The summed E-state index contributed by atoms with van der Waals surface area (Å²) in [5.74, 6) is 0.0255. The maximum Gasteiger partial charge on any atom is 0.151 e. The number of rotatable bonds is 2. The number of nitriles is 1. The van der Waals surface area contributed by atoms with Crippen molar-refractivity contribution in [1.29, 1.82) is 5.26 Å². The third kappa shape index (κ3) is 1.90. The summed E-state index contributed by atoms with van der Waals surface area (Å²) < 4.78 is 1.45. The molecule has 1 rings (SSSR count). The van der Waals surface area contributed by atoms with Crippen LogP contribution in [0.2, 0.25) is 0 Å². The van der Waals surface area contributed by atoms with Gasteiger partial charge in [0.1, 0.15) is 6.07 Å². The van der Waals surface area contributed by atoms with E-state index in [2.05, 4.69) is 5.10 Å². The standard InChI is InChI=1S/C7H7N3O/c1-6(11)4-10-5-7(2-8)3-9-10/h3,5H,4H2,1H3. The minimum absolute atomic E-state index is 0.0255. The molecule has 0 saturated heterocycles. The van der Waals surface area contributed by atoms with E-state index in [1.54, 1.807) is 6.20 Å². The summed E-state index contributed by atoms with van der Waals surface area (Å²) in [6.45, 7) is 1.72. The van der Waals surface area contributed by atoms with Crippen molar-refractivity contribution in [2.24, 2.45) is 0 Å². The van der Waals surface area contributed by atoms with E-state index in [0.717, 1.165) is 0 Å². The molecule has 0 bridgehead atoms. The van der Waals surface area contributed by atoms with E-state index in [0.29, 0.717) is 5.56 Å². The first kappa shape index (κ1) is 7.48. The lowest BCUT2D eigenvalue weighted by Crippen LogP contribution is -2.05. The predicted molar refractivity (Wildman–Crippen MR) is 37.6 cm³/mol. The number of ketones is 1. The quantitative estimate of drug-likeness (QED) is 0.609. The van der Waals surface area contributed by atoms with Gasteiger partial charge in [-0.1, -0.05) is 0 Å². The van der Waals surface area contributed by atoms with Gasteiger partial charge in [-0.2, -0.15) is 10.4 Å². The van der Waals surface area contributed by atoms with Crippen LogP contribution in [0.25, 0.3) is 0 Å². The van der Waals surface area contributed by atoms with Crippen molar-refractivity contribution in [3.05, 3.63) is 18.0 Å². The summed E-state index contributed by atoms with van der Waals surface area (Å²) in [7, 11) is 0. The van der Waals surface area contributed by atoms with Crippen molar-refractivity contribution in [2.45, 2.75) is 13.5 Å². The summed E-state index contributed by atoms with van der Waals surface area (Å²) in [6, 6.07) is 1.93. The van der Waals surface area contributed by atoms with E-state index >= 15 is 0 Å². The van der Waals surface area contributed by atoms with Crippen molar-refractivity contribution in [2.75, 3.05) is 0 Å². The Bertz CT molecular complexity index is 308. The van der Waals surface area contributed by atoms with Gasteiger partial charge in [-0.3, -0.25) is 9.48 Å². The Kier molecular flexibility index (Phi) is 2.02. The van der Waals surface area contributed by atoms with E-state index < -0.39 is 0 Å². The number of aromatic nitrogens is 2. The van der Waals surface area contributed by atoms with Gasteiger partial charge in [0.15, 0.2) is 5.78 Å². The third-order valence-electron chi connectivity index (χ3n) is 1.15. The van der Waals surface area contributed by atoms with Crippen LogP contribution in [0.15, 0.2) is 12.4 Å². The van der Waals surface area contributed by atoms with Crippen molar-refractivity contribution < 1.29 is 4.79 Å². The molecule has 0 spiro atoms. The molecule has 0 amide bonds. The molecule has 4 heteroatoms. The highest BCUT2D eigenvalue weighted by molar-refractivity contribution is 5.75. The van der Waals surface area contributed by atoms with Crippen LogP contribution in [0.4, 0.5) is 0 Å². The van der Waals surface area contributed by atoms with Gasteiger partial charge in [-0.15, -0.1) is 0 Å². The molecule has 0 unspecified atom stereocenters. The second-order valence-electron chi connectivity index (χ2n) is 2.24. The first-order valence-electron chi connectivity index (χ1n) is 3.14. The molecule has 0 radical (unpaired) electrons. The summed E-state index contributed by atoms with van der Waals surface area (Å²) in [4.78, 5) is 10.6. The topological polar surface area (TPSA) is 58.7 Å². The van der Waals surface area contributed by atoms with Gasteiger partial charge in [0.05, 0.1) is 18.3 Å². The van der Waals surface area contributed by atoms with Gasteiger partial charge >= 0.3 is 0 Å². The first-order valence-corrected chi connectivity index (χ1v) is 3.14. The van der Waals surface area contributed by atoms with Gasteiger partial charge in [-0.25, -0.2) is 0 Å². The van der Waals surface area contributed by atoms with E-state index in [9.17, 15) is 4.79 Å². The Labute approximate surface area is 64.1 Å². The van der Waals surface area contributed by atoms with Crippen LogP contribution in [0.5, 0.6) is 0 Å². The number of hydrogen-bond acceptors (Lipinski definition) is 3. The zero-order chi connectivity index (χ0) is 8.27. The van der Waals surface area contributed by atoms with Crippen molar-refractivity contribution >= 4 is 5.78 Å². The number of hydrogen-bond donors (Lipinski definition) is 0. The minimum atomic E-state index is 0.0255. The maximum absolute atomic E-state index is 10.6. The molecule has 0 atom stereocenters. The summed E-state index contributed by atoms with van der Waals surface area (Å²) in [5, 5.41) is 12.2. The van der Waals surface area contributed by atoms with E-state index in [4.69, 9.17) is 5.26 Å². The molecule has 0 N–H and O–H groups in total. The van der Waals surface area contributed by atoms with Crippen molar-refractivity contribution in [1.82, 2.24) is 9.78 Å². The van der Waals surface area contributed by atoms with Gasteiger partial charge in [-0.05, 0) is 6.92 Å². The summed E-state index contributed by atoms with van der Waals surface area (Å²) in [5.41, 5.74) is 0.478. The Morgan fingerprint density at radius 3 is 3.09 bits per heavy atom. The molecule has 1 aromatic heterocycles. The van der Waals surface area contributed by atoms with Crippen LogP contribution < -0.4 is 0 Å². The second-order valence-corrected chi connectivity index (χ2v) is 2.24. The molecule has 0 aliphatic rings. The lowest BCUT2D eigenvalue weighted by atomic mass is 10.4. The Morgan fingerprint density at radius 1 is 1.91 bits per heavy atom. The molecule has 0 fully saturated rings. The number of carbonyl (C=O) groups excluding carboxylic acids is 1. The normalized spacial score (nSPS) is 9.09. The second kappa shape index (κ2) is 2.97. The van der Waals surface area contributed by atoms with E-state index in [1.807, 2.05) is 6.07 Å². The van der Waals surface area contributed by atoms with Crippen LogP contribution in [0.1, 0.15) is 12.5 Å². The van der Waals surface area contributed by atoms with E-state index in [-0.39, 0.29) is 12.3 Å². The lowest BCUT2D eigenvalue weighted by Gasteiger charge is -1.92. The Morgan fingerprint density at radius 2 is 2.64 bits per heavy atom. The SMILES string of the molecule is CC(=O)Cn1cc(C#N)cn1. The predicted octanol–water partition coefficient (Wildman–Crippen LogP) is 0.344. The minimum Gasteiger partial charge on any atom is -0.298 e. The molecule has 4 nitrogen and oxygen atoms in total. The van der Waals surface area contributed by atoms with Crippen molar-refractivity contribution in [3.8, 4) is 6.07 Å². The molecule has 0 aliphatic carbocycles. The molecular weight excluding hydrogens is 142 g/mol. The summed E-state index contributed by atoms with van der Waals surface area (Å²) in [6.07, 6.45) is 2.98. The molecule has 0 aliphatic heterocycles. The van der Waals surface area contributed by atoms with Gasteiger partial charge < -0.3 is 0 Å². The van der Waals surface area contributed by atoms with Gasteiger partial charge in [0, 0.05) is 6.20 Å². The molecule has 1 heterocycles. The smallest absolute Gasteiger partial charge is 0.151 e. The highest BCUT2D eigenvalue weighted by Crippen LogP contribution is 1.94. The average Bonchev–Trinajstić information content (AvgIpc) is 2.34. The molecular formula is C7H7N3O. The third-order valence-corrected chi connectivity index (χ3v) is 1.15. The largest absolute Gasteiger partial charge is 0.298 e. The van der Waals surface area contributed by atoms with Crippen LogP contribution in [-0.2, 0) is 11.3 Å². The van der Waals surface area contributed by atoms with Crippen LogP contribution in [0.3, 0.4) is 0 Å². The molecule has 0 saturated carbocycles. The molecule has 56 valence electrons. The first-order chi connectivity index (χ1) is 5.22. The molecule has 0 aromatic carbocycles. The fourth-order valence-electron chi connectivity index (χ4n) is 0.736. The number of nitrogens with zero attached hydrogens (tertiary/aromatic N) is 3. The van der Waals surface area contributed by atoms with Crippen LogP contribution in [0, 0.1) is 11.3 Å². The zero-order valence-corrected chi connectivity index (χ0v) is 6.11. The van der Waals surface area contributed by atoms with Crippen LogP contribution >= 0.6 is 0 Å².